The molecule has 0 radical (unpaired) electrons. The maximum Gasteiger partial charge on any atom is 0.243 e. The first-order valence-electron chi connectivity index (χ1n) is 11.9. The van der Waals surface area contributed by atoms with Crippen molar-refractivity contribution in [1.29, 1.82) is 0 Å². The van der Waals surface area contributed by atoms with E-state index in [-0.39, 0.29) is 18.5 Å². The van der Waals surface area contributed by atoms with E-state index in [0.717, 1.165) is 63.4 Å². The van der Waals surface area contributed by atoms with Crippen molar-refractivity contribution >= 4 is 11.9 Å². The molecule has 0 aliphatic carbocycles. The number of ether oxygens (including phenoxy) is 2. The number of likely N-dealkylation sites (N-methyl/N-ethyl adjacent to an activating group) is 1. The van der Waals surface area contributed by atoms with Gasteiger partial charge >= 0.3 is 0 Å². The summed E-state index contributed by atoms with van der Waals surface area (Å²) in [5, 5.41) is 7.20. The van der Waals surface area contributed by atoms with E-state index < -0.39 is 0 Å². The largest absolute Gasteiger partial charge is 0.493 e. The Morgan fingerprint density at radius 1 is 1.12 bits per heavy atom. The van der Waals surface area contributed by atoms with Gasteiger partial charge in [0.05, 0.1) is 19.3 Å². The van der Waals surface area contributed by atoms with Gasteiger partial charge < -0.3 is 29.9 Å². The Labute approximate surface area is 191 Å². The molecule has 0 spiro atoms. The van der Waals surface area contributed by atoms with Crippen LogP contribution in [0, 0.1) is 5.92 Å². The molecule has 2 saturated heterocycles. The zero-order valence-electron chi connectivity index (χ0n) is 19.4. The predicted molar refractivity (Wildman–Crippen MR) is 125 cm³/mol. The van der Waals surface area contributed by atoms with Crippen LogP contribution in [0.5, 0.6) is 5.75 Å². The standard InChI is InChI=1S/C24H37N5O3/c1-28(2)23(30)15-25-24(27-21-10-14-32-22-6-4-3-5-20(21)22)26-19-7-11-29(12-8-19)16-18-9-13-31-17-18/h3-6,18-19,21H,7-17H2,1-2H3,(H2,25,26,27). The van der Waals surface area contributed by atoms with Crippen molar-refractivity contribution in [2.75, 3.05) is 60.1 Å². The number of benzene rings is 1. The maximum absolute atomic E-state index is 12.2. The van der Waals surface area contributed by atoms with Crippen LogP contribution in [-0.2, 0) is 9.53 Å². The SMILES string of the molecule is CN(C)C(=O)CN=C(NC1CCN(CC2CCOC2)CC1)NC1CCOc2ccccc21. The van der Waals surface area contributed by atoms with Crippen LogP contribution in [0.3, 0.4) is 0 Å². The van der Waals surface area contributed by atoms with Crippen molar-refractivity contribution in [1.82, 2.24) is 20.4 Å². The molecule has 32 heavy (non-hydrogen) atoms. The van der Waals surface area contributed by atoms with Crippen molar-refractivity contribution < 1.29 is 14.3 Å². The van der Waals surface area contributed by atoms with E-state index in [9.17, 15) is 4.79 Å². The number of nitrogens with one attached hydrogen (secondary N) is 2. The topological polar surface area (TPSA) is 78.4 Å². The Morgan fingerprint density at radius 2 is 1.94 bits per heavy atom. The molecule has 1 aromatic rings. The molecule has 2 N–H and O–H groups in total. The monoisotopic (exact) mass is 443 g/mol. The van der Waals surface area contributed by atoms with E-state index in [1.807, 2.05) is 18.2 Å². The highest BCUT2D eigenvalue weighted by molar-refractivity contribution is 5.85. The summed E-state index contributed by atoms with van der Waals surface area (Å²) >= 11 is 0. The van der Waals surface area contributed by atoms with Crippen LogP contribution >= 0.6 is 0 Å². The molecule has 0 bridgehead atoms. The summed E-state index contributed by atoms with van der Waals surface area (Å²) in [6, 6.07) is 8.60. The highest BCUT2D eigenvalue weighted by atomic mass is 16.5. The molecule has 3 aliphatic heterocycles. The number of carbonyl (C=O) groups excluding carboxylic acids is 1. The third-order valence-corrected chi connectivity index (χ3v) is 6.61. The Morgan fingerprint density at radius 3 is 2.69 bits per heavy atom. The molecule has 8 heteroatoms. The Balaban J connectivity index is 1.37. The number of piperidine rings is 1. The smallest absolute Gasteiger partial charge is 0.243 e. The van der Waals surface area contributed by atoms with Gasteiger partial charge in [-0.1, -0.05) is 18.2 Å². The van der Waals surface area contributed by atoms with Crippen LogP contribution < -0.4 is 15.4 Å². The molecule has 4 rings (SSSR count). The summed E-state index contributed by atoms with van der Waals surface area (Å²) < 4.78 is 11.3. The van der Waals surface area contributed by atoms with Crippen molar-refractivity contribution in [3.63, 3.8) is 0 Å². The molecular formula is C24H37N5O3. The number of aliphatic imine (C=N–C) groups is 1. The Bertz CT molecular complexity index is 786. The van der Waals surface area contributed by atoms with Gasteiger partial charge in [-0.15, -0.1) is 0 Å². The number of carbonyl (C=O) groups is 1. The van der Waals surface area contributed by atoms with Crippen LogP contribution in [0.15, 0.2) is 29.3 Å². The Kier molecular flexibility index (Phi) is 7.86. The lowest BCUT2D eigenvalue weighted by Gasteiger charge is -2.35. The van der Waals surface area contributed by atoms with Crippen LogP contribution in [0.4, 0.5) is 0 Å². The van der Waals surface area contributed by atoms with Gasteiger partial charge in [0.1, 0.15) is 12.3 Å². The molecule has 2 fully saturated rings. The lowest BCUT2D eigenvalue weighted by Crippen LogP contribution is -2.50. The first-order chi connectivity index (χ1) is 15.6. The van der Waals surface area contributed by atoms with E-state index in [2.05, 4.69) is 26.6 Å². The van der Waals surface area contributed by atoms with Crippen LogP contribution in [-0.4, -0.2) is 87.8 Å². The van der Waals surface area contributed by atoms with E-state index in [1.165, 1.54) is 6.42 Å². The third kappa shape index (κ3) is 6.13. The molecule has 0 saturated carbocycles. The number of nitrogens with zero attached hydrogens (tertiary/aromatic N) is 3. The molecule has 1 amide bonds. The molecule has 3 heterocycles. The fourth-order valence-electron chi connectivity index (χ4n) is 4.62. The van der Waals surface area contributed by atoms with Gasteiger partial charge in [-0.3, -0.25) is 4.79 Å². The van der Waals surface area contributed by atoms with E-state index in [0.29, 0.717) is 24.5 Å². The molecule has 8 nitrogen and oxygen atoms in total. The lowest BCUT2D eigenvalue weighted by atomic mass is 10.0. The van der Waals surface area contributed by atoms with Gasteiger partial charge in [-0.05, 0) is 31.2 Å². The summed E-state index contributed by atoms with van der Waals surface area (Å²) in [6.45, 7) is 5.93. The quantitative estimate of drug-likeness (QED) is 0.514. The second kappa shape index (κ2) is 11.0. The fourth-order valence-corrected chi connectivity index (χ4v) is 4.62. The summed E-state index contributed by atoms with van der Waals surface area (Å²) in [6.07, 6.45) is 4.19. The zero-order chi connectivity index (χ0) is 22.3. The number of hydrogen-bond acceptors (Lipinski definition) is 5. The van der Waals surface area contributed by atoms with Crippen LogP contribution in [0.1, 0.15) is 37.3 Å². The minimum atomic E-state index is -0.00733. The van der Waals surface area contributed by atoms with E-state index in [1.54, 1.807) is 19.0 Å². The van der Waals surface area contributed by atoms with Gasteiger partial charge in [0.25, 0.3) is 0 Å². The first kappa shape index (κ1) is 22.9. The summed E-state index contributed by atoms with van der Waals surface area (Å²) in [5.74, 6) is 2.31. The van der Waals surface area contributed by atoms with Crippen molar-refractivity contribution in [2.45, 2.75) is 37.8 Å². The highest BCUT2D eigenvalue weighted by Gasteiger charge is 2.26. The molecular weight excluding hydrogens is 406 g/mol. The molecule has 2 atom stereocenters. The maximum atomic E-state index is 12.2. The lowest BCUT2D eigenvalue weighted by molar-refractivity contribution is -0.127. The molecule has 176 valence electrons. The third-order valence-electron chi connectivity index (χ3n) is 6.61. The summed E-state index contributed by atoms with van der Waals surface area (Å²) in [4.78, 5) is 20.9. The minimum Gasteiger partial charge on any atom is -0.493 e. The molecule has 1 aromatic carbocycles. The average Bonchev–Trinajstić information content (AvgIpc) is 3.32. The second-order valence-corrected chi connectivity index (χ2v) is 9.27. The number of amides is 1. The number of rotatable bonds is 6. The summed E-state index contributed by atoms with van der Waals surface area (Å²) in [7, 11) is 3.52. The first-order valence-corrected chi connectivity index (χ1v) is 11.9. The van der Waals surface area contributed by atoms with E-state index in [4.69, 9.17) is 9.47 Å². The van der Waals surface area contributed by atoms with Gasteiger partial charge in [0.15, 0.2) is 5.96 Å². The fraction of sp³-hybridized carbons (Fsp3) is 0.667. The number of likely N-dealkylation sites (tertiary alicyclic amines) is 1. The molecule has 3 aliphatic rings. The predicted octanol–water partition coefficient (Wildman–Crippen LogP) is 1.63. The number of guanidine groups is 1. The normalized spacial score (nSPS) is 24.5. The van der Waals surface area contributed by atoms with E-state index >= 15 is 0 Å². The van der Waals surface area contributed by atoms with Crippen LogP contribution in [0.25, 0.3) is 0 Å². The highest BCUT2D eigenvalue weighted by Crippen LogP contribution is 2.31. The zero-order valence-corrected chi connectivity index (χ0v) is 19.4. The van der Waals surface area contributed by atoms with Crippen LogP contribution in [0.2, 0.25) is 0 Å². The van der Waals surface area contributed by atoms with Crippen molar-refractivity contribution in [3.05, 3.63) is 29.8 Å². The number of fused-ring (bicyclic) bond motifs is 1. The van der Waals surface area contributed by atoms with Gasteiger partial charge in [0, 0.05) is 58.4 Å². The average molecular weight is 444 g/mol. The van der Waals surface area contributed by atoms with Gasteiger partial charge in [-0.25, -0.2) is 4.99 Å². The van der Waals surface area contributed by atoms with Crippen molar-refractivity contribution in [2.24, 2.45) is 10.9 Å². The number of hydrogen-bond donors (Lipinski definition) is 2. The second-order valence-electron chi connectivity index (χ2n) is 9.27. The minimum absolute atomic E-state index is 0.00733. The van der Waals surface area contributed by atoms with Crippen molar-refractivity contribution in [3.8, 4) is 5.75 Å². The molecule has 2 unspecified atom stereocenters. The van der Waals surface area contributed by atoms with Gasteiger partial charge in [0.2, 0.25) is 5.91 Å². The van der Waals surface area contributed by atoms with Gasteiger partial charge in [-0.2, -0.15) is 0 Å². The summed E-state index contributed by atoms with van der Waals surface area (Å²) in [5.41, 5.74) is 1.14. The molecule has 0 aromatic heterocycles. The number of para-hydroxylation sites is 1. The Hall–Kier alpha value is -2.32.